The lowest BCUT2D eigenvalue weighted by atomic mass is 10.1. The van der Waals surface area contributed by atoms with Crippen LogP contribution < -0.4 is 5.32 Å². The second-order valence-electron chi connectivity index (χ2n) is 5.38. The number of hydrogen-bond donors (Lipinski definition) is 2. The summed E-state index contributed by atoms with van der Waals surface area (Å²) in [5.74, 6) is -0.532. The molecule has 0 heterocycles. The lowest BCUT2D eigenvalue weighted by Crippen LogP contribution is -2.46. The number of amides is 2. The van der Waals surface area contributed by atoms with Gasteiger partial charge in [0.25, 0.3) is 5.91 Å². The van der Waals surface area contributed by atoms with Gasteiger partial charge in [0.15, 0.2) is 0 Å². The van der Waals surface area contributed by atoms with Crippen LogP contribution in [0.25, 0.3) is 0 Å². The summed E-state index contributed by atoms with van der Waals surface area (Å²) in [7, 11) is 0. The largest absolute Gasteiger partial charge is 0.389 e. The van der Waals surface area contributed by atoms with Crippen molar-refractivity contribution in [2.45, 2.75) is 26.4 Å². The maximum Gasteiger partial charge on any atom is 0.252 e. The van der Waals surface area contributed by atoms with Gasteiger partial charge >= 0.3 is 0 Å². The molecule has 116 valence electrons. The molecular weight excluding hydrogens is 336 g/mol. The van der Waals surface area contributed by atoms with E-state index in [4.69, 9.17) is 0 Å². The van der Waals surface area contributed by atoms with Crippen LogP contribution in [0.15, 0.2) is 28.7 Å². The molecule has 0 unspecified atom stereocenters. The minimum absolute atomic E-state index is 0.0932. The number of likely N-dealkylation sites (N-methyl/N-ethyl adjacent to an activating group) is 1. The summed E-state index contributed by atoms with van der Waals surface area (Å²) in [4.78, 5) is 25.6. The SMILES string of the molecule is CCN(CC(C)(C)O)C(=O)CNC(=O)c1ccccc1Br. The molecule has 1 aromatic carbocycles. The zero-order valence-electron chi connectivity index (χ0n) is 12.5. The molecule has 0 aromatic heterocycles. The maximum absolute atomic E-state index is 12.1. The van der Waals surface area contributed by atoms with Gasteiger partial charge in [0.2, 0.25) is 5.91 Å². The lowest BCUT2D eigenvalue weighted by Gasteiger charge is -2.28. The fourth-order valence-corrected chi connectivity index (χ4v) is 2.32. The normalized spacial score (nSPS) is 11.1. The molecule has 1 rings (SSSR count). The van der Waals surface area contributed by atoms with Crippen molar-refractivity contribution >= 4 is 27.7 Å². The van der Waals surface area contributed by atoms with Crippen molar-refractivity contribution in [3.8, 4) is 0 Å². The van der Waals surface area contributed by atoms with Crippen LogP contribution in [0, 0.1) is 0 Å². The highest BCUT2D eigenvalue weighted by Crippen LogP contribution is 2.15. The molecule has 0 atom stereocenters. The number of rotatable bonds is 6. The standard InChI is InChI=1S/C15H21BrN2O3/c1-4-18(10-15(2,3)21)13(19)9-17-14(20)11-7-5-6-8-12(11)16/h5-8,21H,4,9-10H2,1-3H3,(H,17,20). The van der Waals surface area contributed by atoms with Crippen LogP contribution in [0.5, 0.6) is 0 Å². The Morgan fingerprint density at radius 2 is 1.95 bits per heavy atom. The number of nitrogens with zero attached hydrogens (tertiary/aromatic N) is 1. The fraction of sp³-hybridized carbons (Fsp3) is 0.467. The Kier molecular flexibility index (Phi) is 6.36. The van der Waals surface area contributed by atoms with Gasteiger partial charge in [0, 0.05) is 17.6 Å². The van der Waals surface area contributed by atoms with Crippen molar-refractivity contribution < 1.29 is 14.7 Å². The number of carbonyl (C=O) groups excluding carboxylic acids is 2. The van der Waals surface area contributed by atoms with E-state index in [0.29, 0.717) is 16.6 Å². The Morgan fingerprint density at radius 1 is 1.33 bits per heavy atom. The number of aliphatic hydroxyl groups is 1. The molecule has 5 nitrogen and oxygen atoms in total. The Bertz CT molecular complexity index is 512. The van der Waals surface area contributed by atoms with E-state index >= 15 is 0 Å². The minimum atomic E-state index is -0.960. The zero-order valence-corrected chi connectivity index (χ0v) is 14.1. The van der Waals surface area contributed by atoms with Gasteiger partial charge in [0.05, 0.1) is 17.7 Å². The first-order valence-electron chi connectivity index (χ1n) is 6.77. The third-order valence-corrected chi connectivity index (χ3v) is 3.52. The molecule has 2 N–H and O–H groups in total. The molecule has 0 aliphatic heterocycles. The number of carbonyl (C=O) groups is 2. The van der Waals surface area contributed by atoms with E-state index in [-0.39, 0.29) is 24.9 Å². The van der Waals surface area contributed by atoms with E-state index in [1.165, 1.54) is 4.90 Å². The Hall–Kier alpha value is -1.40. The van der Waals surface area contributed by atoms with Crippen molar-refractivity contribution in [2.75, 3.05) is 19.6 Å². The van der Waals surface area contributed by atoms with Crippen LogP contribution in [0.3, 0.4) is 0 Å². The number of nitrogens with one attached hydrogen (secondary N) is 1. The summed E-state index contributed by atoms with van der Waals surface area (Å²) in [5.41, 5.74) is -0.478. The highest BCUT2D eigenvalue weighted by atomic mass is 79.9. The average molecular weight is 357 g/mol. The van der Waals surface area contributed by atoms with Gasteiger partial charge in [-0.3, -0.25) is 9.59 Å². The first kappa shape index (κ1) is 17.7. The topological polar surface area (TPSA) is 69.6 Å². The second-order valence-corrected chi connectivity index (χ2v) is 6.24. The molecule has 0 radical (unpaired) electrons. The van der Waals surface area contributed by atoms with Gasteiger partial charge in [0.1, 0.15) is 0 Å². The Balaban J connectivity index is 2.60. The molecule has 21 heavy (non-hydrogen) atoms. The molecule has 0 fully saturated rings. The molecule has 2 amide bonds. The Labute approximate surface area is 133 Å². The first-order valence-corrected chi connectivity index (χ1v) is 7.57. The summed E-state index contributed by atoms with van der Waals surface area (Å²) in [5, 5.41) is 12.4. The van der Waals surface area contributed by atoms with E-state index in [9.17, 15) is 14.7 Å². The fourth-order valence-electron chi connectivity index (χ4n) is 1.85. The van der Waals surface area contributed by atoms with Crippen LogP contribution in [0.1, 0.15) is 31.1 Å². The predicted octanol–water partition coefficient (Wildman–Crippen LogP) is 1.80. The predicted molar refractivity (Wildman–Crippen MR) is 85.0 cm³/mol. The van der Waals surface area contributed by atoms with Crippen molar-refractivity contribution in [1.82, 2.24) is 10.2 Å². The number of halogens is 1. The molecule has 0 spiro atoms. The number of benzene rings is 1. The first-order chi connectivity index (χ1) is 9.74. The average Bonchev–Trinajstić information content (AvgIpc) is 2.41. The van der Waals surface area contributed by atoms with Gasteiger partial charge in [-0.1, -0.05) is 12.1 Å². The van der Waals surface area contributed by atoms with E-state index in [0.717, 1.165) is 0 Å². The minimum Gasteiger partial charge on any atom is -0.389 e. The maximum atomic E-state index is 12.1. The van der Waals surface area contributed by atoms with Gasteiger partial charge in [-0.05, 0) is 48.8 Å². The van der Waals surface area contributed by atoms with Crippen molar-refractivity contribution in [1.29, 1.82) is 0 Å². The van der Waals surface area contributed by atoms with E-state index in [2.05, 4.69) is 21.2 Å². The van der Waals surface area contributed by atoms with Gasteiger partial charge < -0.3 is 15.3 Å². The monoisotopic (exact) mass is 356 g/mol. The molecule has 0 saturated carbocycles. The van der Waals surface area contributed by atoms with Gasteiger partial charge in [-0.25, -0.2) is 0 Å². The molecule has 0 bridgehead atoms. The highest BCUT2D eigenvalue weighted by Gasteiger charge is 2.21. The quantitative estimate of drug-likeness (QED) is 0.816. The van der Waals surface area contributed by atoms with E-state index < -0.39 is 5.60 Å². The smallest absolute Gasteiger partial charge is 0.252 e. The Morgan fingerprint density at radius 3 is 2.48 bits per heavy atom. The summed E-state index contributed by atoms with van der Waals surface area (Å²) < 4.78 is 0.679. The molecule has 0 aliphatic carbocycles. The van der Waals surface area contributed by atoms with Crippen LogP contribution in [0.2, 0.25) is 0 Å². The van der Waals surface area contributed by atoms with Crippen molar-refractivity contribution in [3.63, 3.8) is 0 Å². The molecule has 0 saturated heterocycles. The van der Waals surface area contributed by atoms with Crippen LogP contribution in [0.4, 0.5) is 0 Å². The molecule has 0 aliphatic rings. The summed E-state index contributed by atoms with van der Waals surface area (Å²) >= 11 is 3.30. The summed E-state index contributed by atoms with van der Waals surface area (Å²) in [6.45, 7) is 5.73. The molecule has 6 heteroatoms. The molecule has 1 aromatic rings. The van der Waals surface area contributed by atoms with Crippen LogP contribution in [-0.2, 0) is 4.79 Å². The van der Waals surface area contributed by atoms with Crippen LogP contribution in [-0.4, -0.2) is 47.1 Å². The van der Waals surface area contributed by atoms with E-state index in [1.807, 2.05) is 13.0 Å². The third kappa shape index (κ3) is 5.85. The number of hydrogen-bond acceptors (Lipinski definition) is 3. The summed E-state index contributed by atoms with van der Waals surface area (Å²) in [6, 6.07) is 7.02. The molecular formula is C15H21BrN2O3. The van der Waals surface area contributed by atoms with Crippen LogP contribution >= 0.6 is 15.9 Å². The zero-order chi connectivity index (χ0) is 16.0. The van der Waals surface area contributed by atoms with Crippen molar-refractivity contribution in [2.24, 2.45) is 0 Å². The van der Waals surface area contributed by atoms with Crippen molar-refractivity contribution in [3.05, 3.63) is 34.3 Å². The third-order valence-electron chi connectivity index (χ3n) is 2.83. The second kappa shape index (κ2) is 7.56. The highest BCUT2D eigenvalue weighted by molar-refractivity contribution is 9.10. The van der Waals surface area contributed by atoms with Gasteiger partial charge in [-0.2, -0.15) is 0 Å². The van der Waals surface area contributed by atoms with Gasteiger partial charge in [-0.15, -0.1) is 0 Å². The summed E-state index contributed by atoms with van der Waals surface area (Å²) in [6.07, 6.45) is 0. The lowest BCUT2D eigenvalue weighted by molar-refractivity contribution is -0.132. The van der Waals surface area contributed by atoms with E-state index in [1.54, 1.807) is 32.0 Å².